The van der Waals surface area contributed by atoms with Crippen LogP contribution >= 0.6 is 0 Å². The molecule has 0 aliphatic rings. The minimum absolute atomic E-state index is 0.0231. The predicted octanol–water partition coefficient (Wildman–Crippen LogP) is 0.396. The van der Waals surface area contributed by atoms with Crippen molar-refractivity contribution in [3.05, 3.63) is 47.1 Å². The van der Waals surface area contributed by atoms with Crippen molar-refractivity contribution in [1.29, 1.82) is 0 Å². The van der Waals surface area contributed by atoms with E-state index in [2.05, 4.69) is 15.5 Å². The van der Waals surface area contributed by atoms with E-state index in [1.807, 2.05) is 50.2 Å². The fourth-order valence-corrected chi connectivity index (χ4v) is 2.23. The van der Waals surface area contributed by atoms with E-state index in [4.69, 9.17) is 10.3 Å². The summed E-state index contributed by atoms with van der Waals surface area (Å²) in [5, 5.41) is 6.15. The molecule has 2 rings (SSSR count). The lowest BCUT2D eigenvalue weighted by molar-refractivity contribution is -0.126. The van der Waals surface area contributed by atoms with Gasteiger partial charge in [-0.1, -0.05) is 29.4 Å². The van der Waals surface area contributed by atoms with Crippen LogP contribution < -0.4 is 11.1 Å². The van der Waals surface area contributed by atoms with Crippen LogP contribution in [0.15, 0.2) is 28.8 Å². The lowest BCUT2D eigenvalue weighted by Crippen LogP contribution is -2.37. The average Bonchev–Trinajstić information content (AvgIpc) is 2.96. The number of aryl methyl sites for hydroxylation is 1. The minimum atomic E-state index is -0.780. The molecule has 1 aromatic heterocycles. The van der Waals surface area contributed by atoms with Crippen molar-refractivity contribution in [2.45, 2.75) is 19.5 Å². The standard InChI is InChI=1S/C15H19N5O3/c1-9-6-4-5-7-10(9)12(20(2)3)15(22)17-8-11-18-14(13(16)21)19-23-11/h4-7,12H,8H2,1-3H3,(H2,16,21)(H,17,22). The first-order valence-corrected chi connectivity index (χ1v) is 7.02. The molecule has 0 aliphatic heterocycles. The zero-order valence-corrected chi connectivity index (χ0v) is 13.2. The summed E-state index contributed by atoms with van der Waals surface area (Å²) >= 11 is 0. The Hall–Kier alpha value is -2.74. The summed E-state index contributed by atoms with van der Waals surface area (Å²) in [6.07, 6.45) is 0. The van der Waals surface area contributed by atoms with Gasteiger partial charge in [0.1, 0.15) is 6.04 Å². The maximum Gasteiger partial charge on any atom is 0.290 e. The second-order valence-corrected chi connectivity index (χ2v) is 5.32. The Morgan fingerprint density at radius 1 is 1.35 bits per heavy atom. The van der Waals surface area contributed by atoms with Crippen molar-refractivity contribution < 1.29 is 14.1 Å². The molecule has 0 spiro atoms. The summed E-state index contributed by atoms with van der Waals surface area (Å²) in [5.41, 5.74) is 6.98. The highest BCUT2D eigenvalue weighted by molar-refractivity contribution is 5.88. The number of carbonyl (C=O) groups excluding carboxylic acids is 2. The summed E-state index contributed by atoms with van der Waals surface area (Å²) in [7, 11) is 3.66. The van der Waals surface area contributed by atoms with Crippen LogP contribution in [-0.2, 0) is 11.3 Å². The highest BCUT2D eigenvalue weighted by atomic mass is 16.5. The molecule has 122 valence electrons. The molecule has 1 aromatic carbocycles. The van der Waals surface area contributed by atoms with E-state index in [0.29, 0.717) is 0 Å². The molecule has 1 heterocycles. The van der Waals surface area contributed by atoms with Gasteiger partial charge < -0.3 is 15.6 Å². The van der Waals surface area contributed by atoms with E-state index >= 15 is 0 Å². The molecule has 0 aliphatic carbocycles. The van der Waals surface area contributed by atoms with Gasteiger partial charge >= 0.3 is 0 Å². The first kappa shape index (κ1) is 16.6. The summed E-state index contributed by atoms with van der Waals surface area (Å²) in [6.45, 7) is 1.98. The summed E-state index contributed by atoms with van der Waals surface area (Å²) in [4.78, 5) is 29.0. The van der Waals surface area contributed by atoms with Crippen LogP contribution in [0, 0.1) is 6.92 Å². The monoisotopic (exact) mass is 317 g/mol. The SMILES string of the molecule is Cc1ccccc1C(C(=O)NCc1nc(C(N)=O)no1)N(C)C. The van der Waals surface area contributed by atoms with Crippen LogP contribution in [0.3, 0.4) is 0 Å². The number of benzene rings is 1. The largest absolute Gasteiger partial charge is 0.363 e. The number of rotatable bonds is 6. The number of hydrogen-bond acceptors (Lipinski definition) is 6. The molecule has 0 saturated carbocycles. The lowest BCUT2D eigenvalue weighted by Gasteiger charge is -2.25. The molecule has 1 atom stereocenters. The van der Waals surface area contributed by atoms with Crippen LogP contribution in [0.5, 0.6) is 0 Å². The number of carbonyl (C=O) groups is 2. The molecule has 1 unspecified atom stereocenters. The van der Waals surface area contributed by atoms with Crippen molar-refractivity contribution in [3.8, 4) is 0 Å². The van der Waals surface area contributed by atoms with Gasteiger partial charge in [-0.05, 0) is 32.1 Å². The Kier molecular flexibility index (Phi) is 5.07. The number of amides is 2. The van der Waals surface area contributed by atoms with Crippen molar-refractivity contribution in [2.75, 3.05) is 14.1 Å². The molecular weight excluding hydrogens is 298 g/mol. The van der Waals surface area contributed by atoms with Gasteiger partial charge in [0.15, 0.2) is 0 Å². The van der Waals surface area contributed by atoms with Crippen LogP contribution in [-0.4, -0.2) is 41.0 Å². The number of primary amides is 1. The predicted molar refractivity (Wildman–Crippen MR) is 82.3 cm³/mol. The van der Waals surface area contributed by atoms with Gasteiger partial charge in [0.2, 0.25) is 11.8 Å². The van der Waals surface area contributed by atoms with Crippen molar-refractivity contribution in [1.82, 2.24) is 20.4 Å². The Bertz CT molecular complexity index is 711. The molecule has 3 N–H and O–H groups in total. The van der Waals surface area contributed by atoms with Crippen LogP contribution in [0.25, 0.3) is 0 Å². The molecule has 8 nitrogen and oxygen atoms in total. The number of nitrogens with two attached hydrogens (primary N) is 1. The Labute approximate surface area is 133 Å². The molecule has 23 heavy (non-hydrogen) atoms. The van der Waals surface area contributed by atoms with Gasteiger partial charge in [-0.25, -0.2) is 0 Å². The third-order valence-electron chi connectivity index (χ3n) is 3.35. The quantitative estimate of drug-likeness (QED) is 0.797. The third-order valence-corrected chi connectivity index (χ3v) is 3.35. The molecule has 0 bridgehead atoms. The van der Waals surface area contributed by atoms with Gasteiger partial charge in [-0.3, -0.25) is 14.5 Å². The molecular formula is C15H19N5O3. The molecule has 2 aromatic rings. The Morgan fingerprint density at radius 3 is 2.61 bits per heavy atom. The number of likely N-dealkylation sites (N-methyl/N-ethyl adjacent to an activating group) is 1. The lowest BCUT2D eigenvalue weighted by atomic mass is 10.00. The van der Waals surface area contributed by atoms with Gasteiger partial charge in [-0.15, -0.1) is 0 Å². The van der Waals surface area contributed by atoms with E-state index in [0.717, 1.165) is 11.1 Å². The van der Waals surface area contributed by atoms with Crippen molar-refractivity contribution in [2.24, 2.45) is 5.73 Å². The second kappa shape index (κ2) is 7.01. The highest BCUT2D eigenvalue weighted by Crippen LogP contribution is 2.22. The molecule has 0 saturated heterocycles. The fraction of sp³-hybridized carbons (Fsp3) is 0.333. The summed E-state index contributed by atoms with van der Waals surface area (Å²) in [6, 6.07) is 7.24. The number of aromatic nitrogens is 2. The van der Waals surface area contributed by atoms with E-state index in [1.54, 1.807) is 0 Å². The first-order valence-electron chi connectivity index (χ1n) is 7.02. The minimum Gasteiger partial charge on any atom is -0.363 e. The number of nitrogens with one attached hydrogen (secondary N) is 1. The highest BCUT2D eigenvalue weighted by Gasteiger charge is 2.24. The molecule has 8 heteroatoms. The average molecular weight is 317 g/mol. The van der Waals surface area contributed by atoms with Crippen molar-refractivity contribution in [3.63, 3.8) is 0 Å². The second-order valence-electron chi connectivity index (χ2n) is 5.32. The van der Waals surface area contributed by atoms with Crippen LogP contribution in [0.1, 0.15) is 33.7 Å². The topological polar surface area (TPSA) is 114 Å². The van der Waals surface area contributed by atoms with Gasteiger partial charge in [0.05, 0.1) is 6.54 Å². The van der Waals surface area contributed by atoms with Gasteiger partial charge in [-0.2, -0.15) is 4.98 Å². The summed E-state index contributed by atoms with van der Waals surface area (Å²) < 4.78 is 4.86. The normalized spacial score (nSPS) is 12.2. The molecule has 2 amide bonds. The zero-order valence-electron chi connectivity index (χ0n) is 13.2. The first-order chi connectivity index (χ1) is 10.9. The number of nitrogens with zero attached hydrogens (tertiary/aromatic N) is 3. The molecule has 0 radical (unpaired) electrons. The Morgan fingerprint density at radius 2 is 2.04 bits per heavy atom. The van der Waals surface area contributed by atoms with Crippen LogP contribution in [0.4, 0.5) is 0 Å². The zero-order chi connectivity index (χ0) is 17.0. The maximum absolute atomic E-state index is 12.5. The third kappa shape index (κ3) is 3.92. The maximum atomic E-state index is 12.5. The fourth-order valence-electron chi connectivity index (χ4n) is 2.23. The number of hydrogen-bond donors (Lipinski definition) is 2. The van der Waals surface area contributed by atoms with Crippen molar-refractivity contribution >= 4 is 11.8 Å². The van der Waals surface area contributed by atoms with Gasteiger partial charge in [0.25, 0.3) is 11.7 Å². The van der Waals surface area contributed by atoms with E-state index in [1.165, 1.54) is 0 Å². The van der Waals surface area contributed by atoms with E-state index in [9.17, 15) is 9.59 Å². The van der Waals surface area contributed by atoms with E-state index < -0.39 is 11.9 Å². The van der Waals surface area contributed by atoms with E-state index in [-0.39, 0.29) is 24.2 Å². The van der Waals surface area contributed by atoms with Gasteiger partial charge in [0, 0.05) is 0 Å². The smallest absolute Gasteiger partial charge is 0.290 e. The Balaban J connectivity index is 2.10. The van der Waals surface area contributed by atoms with Crippen LogP contribution in [0.2, 0.25) is 0 Å². The summed E-state index contributed by atoms with van der Waals surface area (Å²) in [5.74, 6) is -1.08. The molecule has 0 fully saturated rings.